The fraction of sp³-hybridized carbons (Fsp3) is 0.125. The summed E-state index contributed by atoms with van der Waals surface area (Å²) < 4.78 is 7.51. The Morgan fingerprint density at radius 2 is 2.09 bits per heavy atom. The normalized spacial score (nSPS) is 10.8. The Morgan fingerprint density at radius 3 is 2.86 bits per heavy atom. The molecule has 2 aromatic carbocycles. The van der Waals surface area contributed by atoms with Gasteiger partial charge < -0.3 is 9.73 Å². The quantitative estimate of drug-likeness (QED) is 0.678. The van der Waals surface area contributed by atoms with E-state index in [1.165, 1.54) is 4.57 Å². The van der Waals surface area contributed by atoms with Gasteiger partial charge in [0.1, 0.15) is 6.54 Å². The van der Waals surface area contributed by atoms with Crippen LogP contribution >= 0.6 is 22.6 Å². The molecule has 0 saturated carbocycles. The summed E-state index contributed by atoms with van der Waals surface area (Å²) in [6.07, 6.45) is 0. The maximum Gasteiger partial charge on any atom is 0.420 e. The number of fused-ring (bicyclic) bond motifs is 1. The van der Waals surface area contributed by atoms with Crippen molar-refractivity contribution in [1.82, 2.24) is 4.57 Å². The Kier molecular flexibility index (Phi) is 4.02. The van der Waals surface area contributed by atoms with E-state index in [1.54, 1.807) is 12.1 Å². The van der Waals surface area contributed by atoms with Gasteiger partial charge in [0.25, 0.3) is 0 Å². The van der Waals surface area contributed by atoms with Crippen LogP contribution in [-0.2, 0) is 11.3 Å². The van der Waals surface area contributed by atoms with Crippen LogP contribution in [-0.4, -0.2) is 10.5 Å². The van der Waals surface area contributed by atoms with E-state index in [2.05, 4.69) is 27.9 Å². The molecule has 0 bridgehead atoms. The molecule has 22 heavy (non-hydrogen) atoms. The predicted molar refractivity (Wildman–Crippen MR) is 93.0 cm³/mol. The van der Waals surface area contributed by atoms with E-state index >= 15 is 0 Å². The number of carbonyl (C=O) groups is 1. The molecular weight excluding hydrogens is 395 g/mol. The Balaban J connectivity index is 1.86. The summed E-state index contributed by atoms with van der Waals surface area (Å²) in [5.74, 6) is -0.799. The van der Waals surface area contributed by atoms with Crippen LogP contribution in [0.15, 0.2) is 51.7 Å². The summed E-state index contributed by atoms with van der Waals surface area (Å²) >= 11 is 2.17. The van der Waals surface area contributed by atoms with Gasteiger partial charge in [-0.15, -0.1) is 0 Å². The van der Waals surface area contributed by atoms with Crippen LogP contribution in [0, 0.1) is 10.5 Å². The number of anilines is 1. The van der Waals surface area contributed by atoms with E-state index < -0.39 is 5.76 Å². The van der Waals surface area contributed by atoms with Crippen LogP contribution in [0.1, 0.15) is 5.56 Å². The zero-order valence-corrected chi connectivity index (χ0v) is 14.0. The lowest BCUT2D eigenvalue weighted by Crippen LogP contribution is -2.24. The molecular formula is C16H13IN2O3. The Hall–Kier alpha value is -2.09. The van der Waals surface area contributed by atoms with Crippen molar-refractivity contribution in [3.05, 3.63) is 62.1 Å². The number of nitrogens with zero attached hydrogens (tertiary/aromatic N) is 1. The SMILES string of the molecule is Cc1ccc2oc(=O)n(CC(=O)Nc3cccc(I)c3)c2c1. The van der Waals surface area contributed by atoms with Crippen LogP contribution in [0.5, 0.6) is 0 Å². The van der Waals surface area contributed by atoms with Gasteiger partial charge in [-0.2, -0.15) is 0 Å². The Labute approximate surface area is 140 Å². The molecule has 6 heteroatoms. The molecule has 0 saturated heterocycles. The van der Waals surface area contributed by atoms with E-state index in [9.17, 15) is 9.59 Å². The number of nitrogens with one attached hydrogen (secondary N) is 1. The molecule has 0 atom stereocenters. The lowest BCUT2D eigenvalue weighted by Gasteiger charge is -2.06. The summed E-state index contributed by atoms with van der Waals surface area (Å²) in [7, 11) is 0. The van der Waals surface area contributed by atoms with Crippen molar-refractivity contribution < 1.29 is 9.21 Å². The van der Waals surface area contributed by atoms with Crippen molar-refractivity contribution >= 4 is 45.3 Å². The average Bonchev–Trinajstić information content (AvgIpc) is 2.75. The van der Waals surface area contributed by atoms with E-state index in [-0.39, 0.29) is 12.5 Å². The zero-order valence-electron chi connectivity index (χ0n) is 11.8. The van der Waals surface area contributed by atoms with Crippen molar-refractivity contribution in [1.29, 1.82) is 0 Å². The topological polar surface area (TPSA) is 64.2 Å². The molecule has 1 amide bonds. The first kappa shape index (κ1) is 14.8. The molecule has 1 heterocycles. The number of amides is 1. The van der Waals surface area contributed by atoms with Crippen molar-refractivity contribution in [2.75, 3.05) is 5.32 Å². The minimum Gasteiger partial charge on any atom is -0.408 e. The molecule has 0 aliphatic rings. The fourth-order valence-corrected chi connectivity index (χ4v) is 2.78. The van der Waals surface area contributed by atoms with Gasteiger partial charge in [-0.3, -0.25) is 9.36 Å². The molecule has 3 rings (SSSR count). The number of benzene rings is 2. The summed E-state index contributed by atoms with van der Waals surface area (Å²) in [5, 5.41) is 2.78. The molecule has 0 aliphatic carbocycles. The standard InChI is InChI=1S/C16H13IN2O3/c1-10-5-6-14-13(7-10)19(16(21)22-14)9-15(20)18-12-4-2-3-11(17)8-12/h2-8H,9H2,1H3,(H,18,20). The predicted octanol–water partition coefficient (Wildman–Crippen LogP) is 3.15. The third kappa shape index (κ3) is 3.06. The van der Waals surface area contributed by atoms with Gasteiger partial charge in [0, 0.05) is 9.26 Å². The molecule has 1 N–H and O–H groups in total. The van der Waals surface area contributed by atoms with E-state index in [0.29, 0.717) is 16.8 Å². The maximum absolute atomic E-state index is 12.2. The number of carbonyl (C=O) groups excluding carboxylic acids is 1. The minimum absolute atomic E-state index is 0.0826. The van der Waals surface area contributed by atoms with Crippen LogP contribution in [0.3, 0.4) is 0 Å². The highest BCUT2D eigenvalue weighted by atomic mass is 127. The molecule has 0 spiro atoms. The second kappa shape index (κ2) is 5.96. The molecule has 5 nitrogen and oxygen atoms in total. The molecule has 0 aliphatic heterocycles. The number of aryl methyl sites for hydroxylation is 1. The summed E-state index contributed by atoms with van der Waals surface area (Å²) in [4.78, 5) is 24.1. The highest BCUT2D eigenvalue weighted by Crippen LogP contribution is 2.15. The van der Waals surface area contributed by atoms with Gasteiger partial charge in [0.15, 0.2) is 5.58 Å². The number of hydrogen-bond acceptors (Lipinski definition) is 3. The molecule has 1 aromatic heterocycles. The lowest BCUT2D eigenvalue weighted by atomic mass is 10.2. The monoisotopic (exact) mass is 408 g/mol. The summed E-state index contributed by atoms with van der Waals surface area (Å²) in [5.41, 5.74) is 2.81. The van der Waals surface area contributed by atoms with Gasteiger partial charge in [0.05, 0.1) is 5.52 Å². The summed E-state index contributed by atoms with van der Waals surface area (Å²) in [6.45, 7) is 1.84. The number of aromatic nitrogens is 1. The third-order valence-corrected chi connectivity index (χ3v) is 3.90. The molecule has 0 fully saturated rings. The van der Waals surface area contributed by atoms with Crippen LogP contribution in [0.25, 0.3) is 11.1 Å². The summed E-state index contributed by atoms with van der Waals surface area (Å²) in [6, 6.07) is 12.9. The van der Waals surface area contributed by atoms with Crippen molar-refractivity contribution in [3.8, 4) is 0 Å². The molecule has 0 radical (unpaired) electrons. The van der Waals surface area contributed by atoms with Gasteiger partial charge >= 0.3 is 5.76 Å². The smallest absolute Gasteiger partial charge is 0.408 e. The first-order chi connectivity index (χ1) is 10.5. The lowest BCUT2D eigenvalue weighted by molar-refractivity contribution is -0.116. The Bertz CT molecular complexity index is 911. The minimum atomic E-state index is -0.529. The molecule has 112 valence electrons. The van der Waals surface area contributed by atoms with Gasteiger partial charge in [-0.05, 0) is 65.4 Å². The average molecular weight is 408 g/mol. The van der Waals surface area contributed by atoms with Gasteiger partial charge in [-0.25, -0.2) is 4.79 Å². The third-order valence-electron chi connectivity index (χ3n) is 3.23. The van der Waals surface area contributed by atoms with Gasteiger partial charge in [0.2, 0.25) is 5.91 Å². The van der Waals surface area contributed by atoms with Crippen LogP contribution in [0.4, 0.5) is 5.69 Å². The maximum atomic E-state index is 12.2. The second-order valence-corrected chi connectivity index (χ2v) is 6.23. The zero-order chi connectivity index (χ0) is 15.7. The number of rotatable bonds is 3. The first-order valence-corrected chi connectivity index (χ1v) is 7.76. The van der Waals surface area contributed by atoms with Crippen LogP contribution in [0.2, 0.25) is 0 Å². The Morgan fingerprint density at radius 1 is 1.27 bits per heavy atom. The van der Waals surface area contributed by atoms with E-state index in [0.717, 1.165) is 9.13 Å². The number of hydrogen-bond donors (Lipinski definition) is 1. The number of halogens is 1. The molecule has 0 unspecified atom stereocenters. The van der Waals surface area contributed by atoms with Crippen LogP contribution < -0.4 is 11.1 Å². The largest absolute Gasteiger partial charge is 0.420 e. The highest BCUT2D eigenvalue weighted by molar-refractivity contribution is 14.1. The van der Waals surface area contributed by atoms with E-state index in [1.807, 2.05) is 37.3 Å². The fourth-order valence-electron chi connectivity index (χ4n) is 2.23. The van der Waals surface area contributed by atoms with Gasteiger partial charge in [-0.1, -0.05) is 12.1 Å². The molecule has 3 aromatic rings. The first-order valence-electron chi connectivity index (χ1n) is 6.68. The van der Waals surface area contributed by atoms with E-state index in [4.69, 9.17) is 4.42 Å². The second-order valence-electron chi connectivity index (χ2n) is 4.98. The highest BCUT2D eigenvalue weighted by Gasteiger charge is 2.13. The number of oxazole rings is 1. The van der Waals surface area contributed by atoms with Crippen molar-refractivity contribution in [2.45, 2.75) is 13.5 Å². The van der Waals surface area contributed by atoms with Crippen molar-refractivity contribution in [3.63, 3.8) is 0 Å². The van der Waals surface area contributed by atoms with Crippen molar-refractivity contribution in [2.24, 2.45) is 0 Å².